The molecular formula is C35H36N6O3. The molecule has 2 aliphatic rings. The van der Waals surface area contributed by atoms with Gasteiger partial charge in [-0.05, 0) is 62.3 Å². The Bertz CT molecular complexity index is 1660. The second kappa shape index (κ2) is 13.6. The lowest BCUT2D eigenvalue weighted by atomic mass is 9.93. The van der Waals surface area contributed by atoms with Crippen LogP contribution in [0, 0.1) is 11.3 Å². The van der Waals surface area contributed by atoms with Crippen LogP contribution in [0.1, 0.15) is 48.1 Å². The molecule has 44 heavy (non-hydrogen) atoms. The second-order valence-corrected chi connectivity index (χ2v) is 11.0. The van der Waals surface area contributed by atoms with Crippen molar-refractivity contribution in [3.8, 4) is 35.2 Å². The van der Waals surface area contributed by atoms with Gasteiger partial charge in [0.15, 0.2) is 11.5 Å². The number of likely N-dealkylation sites (tertiary alicyclic amines) is 1. The molecule has 0 bridgehead atoms. The molecule has 0 amide bonds. The number of likely N-dealkylation sites (N-methyl/N-ethyl adjacent to an activating group) is 1. The summed E-state index contributed by atoms with van der Waals surface area (Å²) >= 11 is 0. The molecule has 3 heterocycles. The molecule has 1 saturated heterocycles. The highest BCUT2D eigenvalue weighted by atomic mass is 16.5. The van der Waals surface area contributed by atoms with Gasteiger partial charge in [0, 0.05) is 37.2 Å². The number of nitriles is 1. The predicted molar refractivity (Wildman–Crippen MR) is 169 cm³/mol. The van der Waals surface area contributed by atoms with Crippen LogP contribution < -0.4 is 14.2 Å². The first-order valence-corrected chi connectivity index (χ1v) is 15.1. The standard InChI is InChI=1S/C35H36N6O3/c1-3-41-17-14-27(15-18-41)30-22-33(39-35(38-30)43-29-11-7-10-28(21-29)34-37-16-19-40(34)2)44-32-20-26(23-36)12-13-31(32)42-24-25-8-5-4-6-9-25/h4-13,20-22,27H,3,14-19,24H2,1-2H3. The zero-order valence-electron chi connectivity index (χ0n) is 25.1. The highest BCUT2D eigenvalue weighted by molar-refractivity contribution is 5.99. The van der Waals surface area contributed by atoms with Crippen LogP contribution in [0.3, 0.4) is 0 Å². The van der Waals surface area contributed by atoms with E-state index in [1.54, 1.807) is 18.2 Å². The number of nitrogens with zero attached hydrogens (tertiary/aromatic N) is 6. The van der Waals surface area contributed by atoms with Gasteiger partial charge >= 0.3 is 6.01 Å². The summed E-state index contributed by atoms with van der Waals surface area (Å²) in [5.41, 5.74) is 3.34. The van der Waals surface area contributed by atoms with Crippen molar-refractivity contribution in [3.05, 3.63) is 101 Å². The van der Waals surface area contributed by atoms with Crippen molar-refractivity contribution in [2.45, 2.75) is 32.3 Å². The van der Waals surface area contributed by atoms with E-state index in [2.05, 4.69) is 32.8 Å². The monoisotopic (exact) mass is 588 g/mol. The van der Waals surface area contributed by atoms with Crippen molar-refractivity contribution in [1.82, 2.24) is 19.8 Å². The molecule has 6 rings (SSSR count). The maximum absolute atomic E-state index is 9.60. The van der Waals surface area contributed by atoms with Crippen molar-refractivity contribution in [2.24, 2.45) is 4.99 Å². The molecule has 4 aromatic rings. The van der Waals surface area contributed by atoms with Crippen molar-refractivity contribution >= 4 is 5.84 Å². The van der Waals surface area contributed by atoms with Crippen molar-refractivity contribution in [3.63, 3.8) is 0 Å². The number of hydrogen-bond acceptors (Lipinski definition) is 9. The largest absolute Gasteiger partial charge is 0.485 e. The van der Waals surface area contributed by atoms with Crippen LogP contribution in [0.2, 0.25) is 0 Å². The molecule has 1 fully saturated rings. The van der Waals surface area contributed by atoms with E-state index in [0.717, 1.165) is 68.2 Å². The van der Waals surface area contributed by atoms with Gasteiger partial charge in [-0.15, -0.1) is 0 Å². The first-order chi connectivity index (χ1) is 21.6. The summed E-state index contributed by atoms with van der Waals surface area (Å²) in [6.07, 6.45) is 1.97. The summed E-state index contributed by atoms with van der Waals surface area (Å²) in [5, 5.41) is 9.60. The Labute approximate surface area is 258 Å². The molecule has 0 aliphatic carbocycles. The smallest absolute Gasteiger partial charge is 0.325 e. The zero-order chi connectivity index (χ0) is 30.3. The molecule has 2 aliphatic heterocycles. The number of benzene rings is 3. The molecule has 0 N–H and O–H groups in total. The topological polar surface area (TPSA) is 96.1 Å². The Hall–Kier alpha value is -4.94. The Kier molecular flexibility index (Phi) is 8.99. The molecule has 0 radical (unpaired) electrons. The molecule has 0 saturated carbocycles. The highest BCUT2D eigenvalue weighted by Gasteiger charge is 2.24. The second-order valence-electron chi connectivity index (χ2n) is 11.0. The van der Waals surface area contributed by atoms with E-state index < -0.39 is 0 Å². The van der Waals surface area contributed by atoms with Crippen molar-refractivity contribution < 1.29 is 14.2 Å². The summed E-state index contributed by atoms with van der Waals surface area (Å²) in [6.45, 7) is 7.29. The molecule has 9 nitrogen and oxygen atoms in total. The van der Waals surface area contributed by atoms with E-state index in [0.29, 0.717) is 35.3 Å². The third-order valence-corrected chi connectivity index (χ3v) is 8.04. The van der Waals surface area contributed by atoms with E-state index in [9.17, 15) is 5.26 Å². The van der Waals surface area contributed by atoms with Crippen LogP contribution >= 0.6 is 0 Å². The SMILES string of the molecule is CCN1CCC(c2cc(Oc3cc(C#N)ccc3OCc3ccccc3)nc(Oc3cccc(C4=NCCN4C)c3)n2)CC1. The van der Waals surface area contributed by atoms with Gasteiger partial charge in [0.1, 0.15) is 18.2 Å². The van der Waals surface area contributed by atoms with Gasteiger partial charge in [0.2, 0.25) is 5.88 Å². The highest BCUT2D eigenvalue weighted by Crippen LogP contribution is 2.36. The Morgan fingerprint density at radius 1 is 0.886 bits per heavy atom. The van der Waals surface area contributed by atoms with E-state index in [1.807, 2.05) is 67.7 Å². The first kappa shape index (κ1) is 29.1. The minimum absolute atomic E-state index is 0.206. The molecule has 0 spiro atoms. The summed E-state index contributed by atoms with van der Waals surface area (Å²) in [6, 6.07) is 27.2. The van der Waals surface area contributed by atoms with Crippen LogP contribution in [0.4, 0.5) is 0 Å². The normalized spacial score (nSPS) is 15.5. The average molecular weight is 589 g/mol. The quantitative estimate of drug-likeness (QED) is 0.210. The van der Waals surface area contributed by atoms with Gasteiger partial charge in [0.05, 0.1) is 23.9 Å². The van der Waals surface area contributed by atoms with E-state index in [1.165, 1.54) is 0 Å². The molecule has 1 aromatic heterocycles. The maximum Gasteiger partial charge on any atom is 0.325 e. The summed E-state index contributed by atoms with van der Waals surface area (Å²) in [4.78, 5) is 18.7. The van der Waals surface area contributed by atoms with Crippen LogP contribution in [0.5, 0.6) is 29.1 Å². The Balaban J connectivity index is 1.30. The maximum atomic E-state index is 9.60. The number of amidine groups is 1. The fraction of sp³-hybridized carbons (Fsp3) is 0.314. The number of rotatable bonds is 10. The van der Waals surface area contributed by atoms with Crippen molar-refractivity contribution in [1.29, 1.82) is 5.26 Å². The average Bonchev–Trinajstić information content (AvgIpc) is 3.50. The molecule has 0 unspecified atom stereocenters. The predicted octanol–water partition coefficient (Wildman–Crippen LogP) is 6.40. The van der Waals surface area contributed by atoms with Crippen LogP contribution in [-0.4, -0.2) is 65.4 Å². The number of aromatic nitrogens is 2. The number of piperidine rings is 1. The third-order valence-electron chi connectivity index (χ3n) is 8.04. The van der Waals surface area contributed by atoms with E-state index in [4.69, 9.17) is 19.2 Å². The summed E-state index contributed by atoms with van der Waals surface area (Å²) in [7, 11) is 2.04. The summed E-state index contributed by atoms with van der Waals surface area (Å²) < 4.78 is 18.8. The lowest BCUT2D eigenvalue weighted by Crippen LogP contribution is -2.32. The minimum Gasteiger partial charge on any atom is -0.485 e. The van der Waals surface area contributed by atoms with Gasteiger partial charge in [-0.3, -0.25) is 4.99 Å². The van der Waals surface area contributed by atoms with E-state index in [-0.39, 0.29) is 11.9 Å². The van der Waals surface area contributed by atoms with E-state index >= 15 is 0 Å². The van der Waals surface area contributed by atoms with Gasteiger partial charge < -0.3 is 24.0 Å². The first-order valence-electron chi connectivity index (χ1n) is 15.1. The van der Waals surface area contributed by atoms with Gasteiger partial charge in [-0.1, -0.05) is 49.4 Å². The molecule has 224 valence electrons. The fourth-order valence-corrected chi connectivity index (χ4v) is 5.55. The van der Waals surface area contributed by atoms with Crippen LogP contribution in [0.15, 0.2) is 83.9 Å². The molecule has 9 heteroatoms. The third kappa shape index (κ3) is 6.99. The van der Waals surface area contributed by atoms with Crippen LogP contribution in [0.25, 0.3) is 0 Å². The van der Waals surface area contributed by atoms with Gasteiger partial charge in [0.25, 0.3) is 0 Å². The molecule has 0 atom stereocenters. The number of aliphatic imine (C=N–C) groups is 1. The zero-order valence-corrected chi connectivity index (χ0v) is 25.1. The van der Waals surface area contributed by atoms with Crippen molar-refractivity contribution in [2.75, 3.05) is 39.8 Å². The van der Waals surface area contributed by atoms with Crippen LogP contribution in [-0.2, 0) is 6.61 Å². The fourth-order valence-electron chi connectivity index (χ4n) is 5.55. The van der Waals surface area contributed by atoms with Gasteiger partial charge in [-0.25, -0.2) is 0 Å². The number of hydrogen-bond donors (Lipinski definition) is 0. The Morgan fingerprint density at radius 2 is 1.73 bits per heavy atom. The van der Waals surface area contributed by atoms with Gasteiger partial charge in [-0.2, -0.15) is 15.2 Å². The lowest BCUT2D eigenvalue weighted by Gasteiger charge is -2.30. The summed E-state index contributed by atoms with van der Waals surface area (Å²) in [5.74, 6) is 3.06. The minimum atomic E-state index is 0.206. The molecular weight excluding hydrogens is 552 g/mol. The molecule has 3 aromatic carbocycles. The Morgan fingerprint density at radius 3 is 2.48 bits per heavy atom. The lowest BCUT2D eigenvalue weighted by molar-refractivity contribution is 0.220. The number of ether oxygens (including phenoxy) is 3.